The molecule has 0 bridgehead atoms. The summed E-state index contributed by atoms with van der Waals surface area (Å²) in [6, 6.07) is 10.2. The quantitative estimate of drug-likeness (QED) is 0.836. The normalized spacial score (nSPS) is 14.4. The van der Waals surface area contributed by atoms with Gasteiger partial charge in [-0.05, 0) is 43.0 Å². The fourth-order valence-electron chi connectivity index (χ4n) is 3.30. The van der Waals surface area contributed by atoms with Crippen LogP contribution in [-0.4, -0.2) is 32.3 Å². The molecular formula is C20H27N3O2. The van der Waals surface area contributed by atoms with E-state index in [4.69, 9.17) is 9.47 Å². The molecule has 2 heterocycles. The number of anilines is 1. The van der Waals surface area contributed by atoms with Crippen LogP contribution in [0.5, 0.6) is 11.5 Å². The minimum atomic E-state index is 0.724. The number of benzene rings is 1. The molecule has 0 radical (unpaired) electrons. The number of rotatable bonds is 7. The molecule has 0 amide bonds. The molecule has 0 atom stereocenters. The Kier molecular flexibility index (Phi) is 6.12. The number of aromatic nitrogens is 1. The fraction of sp³-hybridized carbons (Fsp3) is 0.450. The predicted molar refractivity (Wildman–Crippen MR) is 100 cm³/mol. The highest BCUT2D eigenvalue weighted by atomic mass is 16.5. The lowest BCUT2D eigenvalue weighted by Gasteiger charge is -2.27. The van der Waals surface area contributed by atoms with Gasteiger partial charge in [-0.1, -0.05) is 12.1 Å². The number of hydrogen-bond acceptors (Lipinski definition) is 5. The van der Waals surface area contributed by atoms with Gasteiger partial charge in [-0.15, -0.1) is 0 Å². The van der Waals surface area contributed by atoms with Gasteiger partial charge in [0.15, 0.2) is 11.5 Å². The van der Waals surface area contributed by atoms with Gasteiger partial charge >= 0.3 is 0 Å². The van der Waals surface area contributed by atoms with Crippen LogP contribution in [0, 0.1) is 0 Å². The molecule has 134 valence electrons. The van der Waals surface area contributed by atoms with E-state index in [0.29, 0.717) is 0 Å². The summed E-state index contributed by atoms with van der Waals surface area (Å²) in [5, 5.41) is 3.49. The third kappa shape index (κ3) is 4.42. The number of nitrogens with one attached hydrogen (secondary N) is 1. The first-order chi connectivity index (χ1) is 12.3. The second-order valence-corrected chi connectivity index (χ2v) is 6.33. The van der Waals surface area contributed by atoms with Crippen molar-refractivity contribution in [2.45, 2.75) is 32.4 Å². The Labute approximate surface area is 150 Å². The van der Waals surface area contributed by atoms with Crippen molar-refractivity contribution in [2.24, 2.45) is 0 Å². The standard InChI is InChI=1S/C20H27N3O2/c1-24-18-8-6-7-17(20(18)25-2)15-21-14-16-9-10-22-19(13-16)23-11-4-3-5-12-23/h6-10,13,21H,3-5,11-12,14-15H2,1-2H3. The van der Waals surface area contributed by atoms with Gasteiger partial charge in [-0.25, -0.2) is 4.98 Å². The van der Waals surface area contributed by atoms with Crippen LogP contribution in [-0.2, 0) is 13.1 Å². The van der Waals surface area contributed by atoms with Crippen molar-refractivity contribution in [1.29, 1.82) is 0 Å². The molecule has 25 heavy (non-hydrogen) atoms. The largest absolute Gasteiger partial charge is 0.493 e. The second kappa shape index (κ2) is 8.72. The average Bonchev–Trinajstić information content (AvgIpc) is 2.68. The van der Waals surface area contributed by atoms with Crippen molar-refractivity contribution in [2.75, 3.05) is 32.2 Å². The number of nitrogens with zero attached hydrogens (tertiary/aromatic N) is 2. The zero-order chi connectivity index (χ0) is 17.5. The van der Waals surface area contributed by atoms with Crippen LogP contribution in [0.25, 0.3) is 0 Å². The summed E-state index contributed by atoms with van der Waals surface area (Å²) >= 11 is 0. The van der Waals surface area contributed by atoms with Gasteiger partial charge in [-0.2, -0.15) is 0 Å². The molecule has 1 aromatic heterocycles. The van der Waals surface area contributed by atoms with E-state index >= 15 is 0 Å². The van der Waals surface area contributed by atoms with Crippen molar-refractivity contribution < 1.29 is 9.47 Å². The Morgan fingerprint density at radius 3 is 2.64 bits per heavy atom. The van der Waals surface area contributed by atoms with Crippen LogP contribution in [0.1, 0.15) is 30.4 Å². The summed E-state index contributed by atoms with van der Waals surface area (Å²) in [6.45, 7) is 3.75. The first kappa shape index (κ1) is 17.5. The third-order valence-corrected chi connectivity index (χ3v) is 4.62. The molecule has 0 spiro atoms. The Morgan fingerprint density at radius 1 is 1.04 bits per heavy atom. The summed E-state index contributed by atoms with van der Waals surface area (Å²) in [6.07, 6.45) is 5.77. The SMILES string of the molecule is COc1cccc(CNCc2ccnc(N3CCCCC3)c2)c1OC. The smallest absolute Gasteiger partial charge is 0.165 e. The van der Waals surface area contributed by atoms with E-state index in [-0.39, 0.29) is 0 Å². The molecule has 1 aliphatic rings. The van der Waals surface area contributed by atoms with Crippen LogP contribution < -0.4 is 19.7 Å². The van der Waals surface area contributed by atoms with Crippen molar-refractivity contribution in [3.63, 3.8) is 0 Å². The van der Waals surface area contributed by atoms with Crippen LogP contribution in [0.3, 0.4) is 0 Å². The highest BCUT2D eigenvalue weighted by Crippen LogP contribution is 2.30. The Balaban J connectivity index is 1.61. The van der Waals surface area contributed by atoms with Gasteiger partial charge in [-0.3, -0.25) is 0 Å². The molecule has 1 N–H and O–H groups in total. The molecule has 0 unspecified atom stereocenters. The molecule has 1 fully saturated rings. The van der Waals surface area contributed by atoms with Crippen LogP contribution in [0.15, 0.2) is 36.5 Å². The van der Waals surface area contributed by atoms with Crippen LogP contribution in [0.2, 0.25) is 0 Å². The fourth-order valence-corrected chi connectivity index (χ4v) is 3.30. The number of methoxy groups -OCH3 is 2. The van der Waals surface area contributed by atoms with E-state index in [1.165, 1.54) is 24.8 Å². The molecule has 3 rings (SSSR count). The third-order valence-electron chi connectivity index (χ3n) is 4.62. The number of pyridine rings is 1. The molecule has 2 aromatic rings. The highest BCUT2D eigenvalue weighted by molar-refractivity contribution is 5.46. The molecular weight excluding hydrogens is 314 g/mol. The van der Waals surface area contributed by atoms with Gasteiger partial charge in [0.1, 0.15) is 5.82 Å². The first-order valence-electron chi connectivity index (χ1n) is 8.92. The summed E-state index contributed by atoms with van der Waals surface area (Å²) in [4.78, 5) is 6.93. The van der Waals surface area contributed by atoms with Crippen molar-refractivity contribution >= 4 is 5.82 Å². The van der Waals surface area contributed by atoms with E-state index in [9.17, 15) is 0 Å². The van der Waals surface area contributed by atoms with E-state index < -0.39 is 0 Å². The van der Waals surface area contributed by atoms with Gasteiger partial charge < -0.3 is 19.7 Å². The Morgan fingerprint density at radius 2 is 1.88 bits per heavy atom. The number of para-hydroxylation sites is 1. The highest BCUT2D eigenvalue weighted by Gasteiger charge is 2.12. The van der Waals surface area contributed by atoms with Gasteiger partial charge in [0.25, 0.3) is 0 Å². The number of piperidine rings is 1. The summed E-state index contributed by atoms with van der Waals surface area (Å²) < 4.78 is 10.8. The second-order valence-electron chi connectivity index (χ2n) is 6.33. The van der Waals surface area contributed by atoms with Crippen molar-refractivity contribution in [3.8, 4) is 11.5 Å². The van der Waals surface area contributed by atoms with E-state index in [0.717, 1.165) is 49.1 Å². The average molecular weight is 341 g/mol. The zero-order valence-electron chi connectivity index (χ0n) is 15.1. The molecule has 5 heteroatoms. The monoisotopic (exact) mass is 341 g/mol. The maximum absolute atomic E-state index is 5.49. The topological polar surface area (TPSA) is 46.6 Å². The van der Waals surface area contributed by atoms with Gasteiger partial charge in [0.2, 0.25) is 0 Å². The summed E-state index contributed by atoms with van der Waals surface area (Å²) in [5.41, 5.74) is 2.34. The number of hydrogen-bond donors (Lipinski definition) is 1. The number of ether oxygens (including phenoxy) is 2. The van der Waals surface area contributed by atoms with Crippen LogP contribution in [0.4, 0.5) is 5.82 Å². The summed E-state index contributed by atoms with van der Waals surface area (Å²) in [5.74, 6) is 2.65. The minimum Gasteiger partial charge on any atom is -0.493 e. The molecule has 5 nitrogen and oxygen atoms in total. The molecule has 0 aliphatic carbocycles. The molecule has 1 aromatic carbocycles. The minimum absolute atomic E-state index is 0.724. The predicted octanol–water partition coefficient (Wildman–Crippen LogP) is 3.38. The molecule has 1 saturated heterocycles. The first-order valence-corrected chi connectivity index (χ1v) is 8.92. The maximum atomic E-state index is 5.49. The van der Waals surface area contributed by atoms with Gasteiger partial charge in [0.05, 0.1) is 14.2 Å². The zero-order valence-corrected chi connectivity index (χ0v) is 15.1. The lowest BCUT2D eigenvalue weighted by Crippen LogP contribution is -2.30. The Hall–Kier alpha value is -2.27. The lowest BCUT2D eigenvalue weighted by atomic mass is 10.1. The lowest BCUT2D eigenvalue weighted by molar-refractivity contribution is 0.350. The van der Waals surface area contributed by atoms with E-state index in [2.05, 4.69) is 33.4 Å². The maximum Gasteiger partial charge on any atom is 0.165 e. The van der Waals surface area contributed by atoms with Crippen LogP contribution >= 0.6 is 0 Å². The van der Waals surface area contributed by atoms with Gasteiger partial charge in [0, 0.05) is 37.9 Å². The van der Waals surface area contributed by atoms with Crippen molar-refractivity contribution in [1.82, 2.24) is 10.3 Å². The Bertz CT molecular complexity index is 684. The molecule has 1 aliphatic heterocycles. The summed E-state index contributed by atoms with van der Waals surface area (Å²) in [7, 11) is 3.34. The van der Waals surface area contributed by atoms with Crippen molar-refractivity contribution in [3.05, 3.63) is 47.7 Å². The van der Waals surface area contributed by atoms with E-state index in [1.807, 2.05) is 18.3 Å². The van der Waals surface area contributed by atoms with E-state index in [1.54, 1.807) is 14.2 Å². The molecule has 0 saturated carbocycles.